The van der Waals surface area contributed by atoms with Crippen molar-refractivity contribution in [2.75, 3.05) is 0 Å². The van der Waals surface area contributed by atoms with Crippen molar-refractivity contribution in [1.82, 2.24) is 15.0 Å². The van der Waals surface area contributed by atoms with Gasteiger partial charge in [-0.25, -0.2) is 15.0 Å². The SMILES string of the molecule is CCCCC1c2ccccc2C2(c3ccccc31)c1ccccc1C(C)(C)c1c(-c3cccc(-c4nc(-c5ccccc5)nc(-c5ccc6c(c5)sc5ccccc56)n4)c3)cccc12. The molecule has 2 heterocycles. The highest BCUT2D eigenvalue weighted by atomic mass is 32.1. The zero-order chi connectivity index (χ0) is 43.0. The maximum Gasteiger partial charge on any atom is 0.164 e. The van der Waals surface area contributed by atoms with E-state index in [-0.39, 0.29) is 5.41 Å². The van der Waals surface area contributed by atoms with Gasteiger partial charge in [0.05, 0.1) is 5.41 Å². The van der Waals surface area contributed by atoms with Crippen molar-refractivity contribution in [3.8, 4) is 45.3 Å². The number of fused-ring (bicyclic) bond motifs is 11. The van der Waals surface area contributed by atoms with E-state index >= 15 is 0 Å². The molecule has 3 nitrogen and oxygen atoms in total. The van der Waals surface area contributed by atoms with Gasteiger partial charge in [-0.05, 0) is 80.3 Å². The number of nitrogens with zero attached hydrogens (tertiary/aromatic N) is 3. The Hall–Kier alpha value is -7.01. The lowest BCUT2D eigenvalue weighted by Crippen LogP contribution is -2.45. The van der Waals surface area contributed by atoms with Crippen LogP contribution in [-0.4, -0.2) is 15.0 Å². The molecule has 0 aliphatic heterocycles. The number of benzene rings is 8. The van der Waals surface area contributed by atoms with E-state index < -0.39 is 5.41 Å². The van der Waals surface area contributed by atoms with E-state index in [1.165, 1.54) is 83.1 Å². The summed E-state index contributed by atoms with van der Waals surface area (Å²) in [6.07, 6.45) is 3.51. The summed E-state index contributed by atoms with van der Waals surface area (Å²) in [6, 6.07) is 69.4. The van der Waals surface area contributed by atoms with Crippen LogP contribution in [0.2, 0.25) is 0 Å². The van der Waals surface area contributed by atoms with Gasteiger partial charge in [0.1, 0.15) is 0 Å². The number of unbranched alkanes of at least 4 members (excludes halogenated alkanes) is 1. The zero-order valence-corrected chi connectivity index (χ0v) is 37.2. The van der Waals surface area contributed by atoms with Gasteiger partial charge >= 0.3 is 0 Å². The highest BCUT2D eigenvalue weighted by Crippen LogP contribution is 2.62. The maximum absolute atomic E-state index is 5.27. The minimum absolute atomic E-state index is 0.307. The normalized spacial score (nSPS) is 16.9. The molecule has 308 valence electrons. The summed E-state index contributed by atoms with van der Waals surface area (Å²) >= 11 is 1.81. The number of hydrogen-bond acceptors (Lipinski definition) is 4. The molecule has 0 amide bonds. The molecule has 2 aromatic heterocycles. The van der Waals surface area contributed by atoms with Crippen LogP contribution < -0.4 is 0 Å². The summed E-state index contributed by atoms with van der Waals surface area (Å²) in [7, 11) is 0. The van der Waals surface area contributed by atoms with Gasteiger partial charge in [0, 0.05) is 48.2 Å². The Labute approximate surface area is 379 Å². The van der Waals surface area contributed by atoms with Crippen molar-refractivity contribution in [1.29, 1.82) is 0 Å². The van der Waals surface area contributed by atoms with Crippen molar-refractivity contribution in [2.24, 2.45) is 0 Å². The van der Waals surface area contributed by atoms with Crippen LogP contribution in [0.4, 0.5) is 0 Å². The Morgan fingerprint density at radius 1 is 0.453 bits per heavy atom. The van der Waals surface area contributed by atoms with Gasteiger partial charge in [0.25, 0.3) is 0 Å². The second-order valence-corrected chi connectivity index (χ2v) is 19.2. The van der Waals surface area contributed by atoms with Crippen LogP contribution in [-0.2, 0) is 10.8 Å². The highest BCUT2D eigenvalue weighted by Gasteiger charge is 2.53. The van der Waals surface area contributed by atoms with E-state index in [1.807, 2.05) is 29.5 Å². The van der Waals surface area contributed by atoms with E-state index in [0.717, 1.165) is 28.7 Å². The maximum atomic E-state index is 5.27. The number of hydrogen-bond donors (Lipinski definition) is 0. The van der Waals surface area contributed by atoms with E-state index in [4.69, 9.17) is 15.0 Å². The molecule has 8 aromatic carbocycles. The Bertz CT molecular complexity index is 3390. The van der Waals surface area contributed by atoms with Crippen LogP contribution in [0, 0.1) is 0 Å². The summed E-state index contributed by atoms with van der Waals surface area (Å²) in [5.41, 5.74) is 15.7. The topological polar surface area (TPSA) is 38.7 Å². The molecule has 0 N–H and O–H groups in total. The number of thiophene rings is 1. The lowest BCUT2D eigenvalue weighted by molar-refractivity contribution is 0.534. The van der Waals surface area contributed by atoms with Crippen molar-refractivity contribution in [3.05, 3.63) is 233 Å². The molecule has 2 aliphatic rings. The smallest absolute Gasteiger partial charge is 0.164 e. The fourth-order valence-electron chi connectivity index (χ4n) is 11.4. The first-order valence-electron chi connectivity index (χ1n) is 22.7. The van der Waals surface area contributed by atoms with Crippen LogP contribution in [0.1, 0.15) is 90.5 Å². The van der Waals surface area contributed by atoms with Crippen LogP contribution >= 0.6 is 11.3 Å². The van der Waals surface area contributed by atoms with Gasteiger partial charge in [0.15, 0.2) is 17.5 Å². The van der Waals surface area contributed by atoms with Gasteiger partial charge in [-0.1, -0.05) is 203 Å². The van der Waals surface area contributed by atoms with Crippen LogP contribution in [0.5, 0.6) is 0 Å². The molecular weight excluding hydrogens is 795 g/mol. The third-order valence-corrected chi connectivity index (χ3v) is 15.3. The Balaban J connectivity index is 1.06. The first-order chi connectivity index (χ1) is 31.4. The number of aromatic nitrogens is 3. The van der Waals surface area contributed by atoms with Gasteiger partial charge in [-0.2, -0.15) is 0 Å². The molecule has 0 unspecified atom stereocenters. The summed E-state index contributed by atoms with van der Waals surface area (Å²) in [6.45, 7) is 7.16. The summed E-state index contributed by atoms with van der Waals surface area (Å²) in [4.78, 5) is 15.6. The molecule has 0 bridgehead atoms. The van der Waals surface area contributed by atoms with Crippen molar-refractivity contribution < 1.29 is 0 Å². The molecular formula is C60H47N3S. The minimum Gasteiger partial charge on any atom is -0.208 e. The first kappa shape index (κ1) is 38.6. The van der Waals surface area contributed by atoms with Crippen molar-refractivity contribution in [3.63, 3.8) is 0 Å². The zero-order valence-electron chi connectivity index (χ0n) is 36.3. The van der Waals surface area contributed by atoms with E-state index in [0.29, 0.717) is 23.4 Å². The second-order valence-electron chi connectivity index (χ2n) is 18.1. The molecule has 0 radical (unpaired) electrons. The van der Waals surface area contributed by atoms with Gasteiger partial charge < -0.3 is 0 Å². The molecule has 2 aliphatic carbocycles. The molecule has 64 heavy (non-hydrogen) atoms. The molecule has 4 heteroatoms. The minimum atomic E-state index is -0.492. The average molecular weight is 842 g/mol. The average Bonchev–Trinajstić information content (AvgIpc) is 3.73. The third-order valence-electron chi connectivity index (χ3n) is 14.2. The fraction of sp³-hybridized carbons (Fsp3) is 0.150. The van der Waals surface area contributed by atoms with Crippen LogP contribution in [0.15, 0.2) is 188 Å². The Morgan fingerprint density at radius 2 is 1.00 bits per heavy atom. The Morgan fingerprint density at radius 3 is 1.73 bits per heavy atom. The van der Waals surface area contributed by atoms with Crippen LogP contribution in [0.3, 0.4) is 0 Å². The summed E-state index contributed by atoms with van der Waals surface area (Å²) < 4.78 is 2.50. The van der Waals surface area contributed by atoms with Crippen molar-refractivity contribution in [2.45, 2.75) is 56.8 Å². The quantitative estimate of drug-likeness (QED) is 0.160. The van der Waals surface area contributed by atoms with Gasteiger partial charge in [-0.3, -0.25) is 0 Å². The standard InChI is InChI=1S/C60H47N3S/c1-4-5-23-43-44-24-9-12-28-48(44)60(49-29-13-10-25-45(43)49)51-31-15-14-30-50(51)59(2,3)55-42(27-18-32-52(55)60)39-21-17-22-40(36-39)57-61-56(38-19-7-6-8-20-38)62-58(63-57)41-34-35-47-46-26-11-16-33-53(46)64-54(47)37-41/h6-22,24-37,43H,4-5,23H2,1-3H3. The van der Waals surface area contributed by atoms with E-state index in [9.17, 15) is 0 Å². The first-order valence-corrected chi connectivity index (χ1v) is 23.5. The molecule has 10 aromatic rings. The molecule has 0 atom stereocenters. The predicted molar refractivity (Wildman–Crippen MR) is 266 cm³/mol. The van der Waals surface area contributed by atoms with Gasteiger partial charge in [0.2, 0.25) is 0 Å². The lowest BCUT2D eigenvalue weighted by Gasteiger charge is -2.52. The molecule has 1 spiro atoms. The van der Waals surface area contributed by atoms with E-state index in [2.05, 4.69) is 191 Å². The molecule has 0 fully saturated rings. The summed E-state index contributed by atoms with van der Waals surface area (Å²) in [5.74, 6) is 2.32. The van der Waals surface area contributed by atoms with E-state index in [1.54, 1.807) is 0 Å². The largest absolute Gasteiger partial charge is 0.208 e. The number of rotatable bonds is 7. The van der Waals surface area contributed by atoms with Crippen LogP contribution in [0.25, 0.3) is 65.5 Å². The summed E-state index contributed by atoms with van der Waals surface area (Å²) in [5, 5.41) is 2.53. The van der Waals surface area contributed by atoms with Crippen molar-refractivity contribution >= 4 is 31.5 Å². The molecule has 12 rings (SSSR count). The third kappa shape index (κ3) is 5.82. The fourth-order valence-corrected chi connectivity index (χ4v) is 12.5. The monoisotopic (exact) mass is 841 g/mol. The molecule has 0 saturated heterocycles. The Kier molecular flexibility index (Phi) is 9.10. The predicted octanol–water partition coefficient (Wildman–Crippen LogP) is 15.6. The molecule has 0 saturated carbocycles. The lowest BCUT2D eigenvalue weighted by atomic mass is 9.50. The second kappa shape index (κ2) is 15.1. The highest BCUT2D eigenvalue weighted by molar-refractivity contribution is 7.25. The van der Waals surface area contributed by atoms with Gasteiger partial charge in [-0.15, -0.1) is 11.3 Å².